The first-order valence-electron chi connectivity index (χ1n) is 5.81. The molecule has 0 fully saturated rings. The van der Waals surface area contributed by atoms with Crippen molar-refractivity contribution in [2.45, 2.75) is 0 Å². The Morgan fingerprint density at radius 1 is 1.00 bits per heavy atom. The number of H-pyrrole nitrogens is 1. The number of nitrogens with one attached hydrogen (secondary N) is 1. The van der Waals surface area contributed by atoms with E-state index in [0.717, 1.165) is 5.56 Å². The molecular weight excluding hydrogens is 258 g/mol. The van der Waals surface area contributed by atoms with Crippen LogP contribution in [-0.4, -0.2) is 25.1 Å². The molecule has 1 aromatic carbocycles. The molecule has 0 amide bonds. The van der Waals surface area contributed by atoms with E-state index in [1.165, 1.54) is 12.1 Å². The zero-order valence-electron chi connectivity index (χ0n) is 10.2. The molecule has 3 rings (SSSR count). The van der Waals surface area contributed by atoms with Gasteiger partial charge < -0.3 is 0 Å². The van der Waals surface area contributed by atoms with Crippen LogP contribution in [0.2, 0.25) is 0 Å². The van der Waals surface area contributed by atoms with Gasteiger partial charge >= 0.3 is 0 Å². The lowest BCUT2D eigenvalue weighted by Crippen LogP contribution is -1.87. The molecule has 0 radical (unpaired) electrons. The Bertz CT molecular complexity index is 737. The van der Waals surface area contributed by atoms with Crippen LogP contribution in [0.25, 0.3) is 22.8 Å². The summed E-state index contributed by atoms with van der Waals surface area (Å²) in [4.78, 5) is 18.5. The largest absolute Gasteiger partial charge is 0.269 e. The van der Waals surface area contributed by atoms with Crippen molar-refractivity contribution in [1.82, 2.24) is 20.2 Å². The van der Waals surface area contributed by atoms with Crippen LogP contribution in [0.4, 0.5) is 5.69 Å². The summed E-state index contributed by atoms with van der Waals surface area (Å²) in [6, 6.07) is 9.74. The Kier molecular flexibility index (Phi) is 2.92. The molecule has 20 heavy (non-hydrogen) atoms. The standard InChI is InChI=1S/C13H9N5O2/c19-18(20)11-3-1-9(2-4-11)12-15-13(17-16-12)10-5-7-14-8-6-10/h1-8H,(H,15,16,17). The predicted octanol–water partition coefficient (Wildman–Crippen LogP) is 2.44. The highest BCUT2D eigenvalue weighted by molar-refractivity contribution is 5.61. The highest BCUT2D eigenvalue weighted by Gasteiger charge is 2.10. The van der Waals surface area contributed by atoms with Crippen LogP contribution < -0.4 is 0 Å². The topological polar surface area (TPSA) is 97.6 Å². The van der Waals surface area contributed by atoms with Crippen molar-refractivity contribution in [3.05, 3.63) is 58.9 Å². The van der Waals surface area contributed by atoms with Crippen molar-refractivity contribution < 1.29 is 4.92 Å². The van der Waals surface area contributed by atoms with E-state index in [0.29, 0.717) is 17.2 Å². The van der Waals surface area contributed by atoms with Gasteiger partial charge in [-0.2, -0.15) is 5.10 Å². The fourth-order valence-electron chi connectivity index (χ4n) is 1.76. The van der Waals surface area contributed by atoms with E-state index in [-0.39, 0.29) is 5.69 Å². The molecule has 0 bridgehead atoms. The number of aromatic amines is 1. The van der Waals surface area contributed by atoms with Crippen molar-refractivity contribution in [2.24, 2.45) is 0 Å². The second-order valence-electron chi connectivity index (χ2n) is 4.05. The third-order valence-corrected chi connectivity index (χ3v) is 2.78. The number of non-ortho nitro benzene ring substituents is 1. The second kappa shape index (κ2) is 4.88. The van der Waals surface area contributed by atoms with Gasteiger partial charge in [-0.25, -0.2) is 4.98 Å². The fourth-order valence-corrected chi connectivity index (χ4v) is 1.76. The molecule has 7 nitrogen and oxygen atoms in total. The number of aromatic nitrogens is 4. The lowest BCUT2D eigenvalue weighted by Gasteiger charge is -1.95. The normalized spacial score (nSPS) is 10.4. The molecule has 1 N–H and O–H groups in total. The summed E-state index contributed by atoms with van der Waals surface area (Å²) in [5, 5.41) is 17.5. The van der Waals surface area contributed by atoms with E-state index in [4.69, 9.17) is 0 Å². The van der Waals surface area contributed by atoms with Crippen LogP contribution in [0.5, 0.6) is 0 Å². The lowest BCUT2D eigenvalue weighted by atomic mass is 10.2. The number of nitrogens with zero attached hydrogens (tertiary/aromatic N) is 4. The zero-order chi connectivity index (χ0) is 13.9. The van der Waals surface area contributed by atoms with Gasteiger partial charge in [0.05, 0.1) is 4.92 Å². The van der Waals surface area contributed by atoms with Crippen LogP contribution in [-0.2, 0) is 0 Å². The minimum absolute atomic E-state index is 0.0404. The summed E-state index contributed by atoms with van der Waals surface area (Å²) in [6.45, 7) is 0. The molecule has 0 atom stereocenters. The van der Waals surface area contributed by atoms with Gasteiger partial charge in [0.1, 0.15) is 0 Å². The molecule has 98 valence electrons. The van der Waals surface area contributed by atoms with E-state index in [1.807, 2.05) is 12.1 Å². The third-order valence-electron chi connectivity index (χ3n) is 2.78. The third kappa shape index (κ3) is 2.24. The Labute approximate surface area is 113 Å². The van der Waals surface area contributed by atoms with Crippen LogP contribution in [0.15, 0.2) is 48.8 Å². The number of hydrogen-bond donors (Lipinski definition) is 1. The molecule has 2 heterocycles. The van der Waals surface area contributed by atoms with E-state index in [2.05, 4.69) is 20.2 Å². The Hall–Kier alpha value is -3.09. The average molecular weight is 267 g/mol. The van der Waals surface area contributed by atoms with Gasteiger partial charge in [0.15, 0.2) is 11.6 Å². The molecule has 0 unspecified atom stereocenters. The second-order valence-corrected chi connectivity index (χ2v) is 4.05. The van der Waals surface area contributed by atoms with Crippen molar-refractivity contribution >= 4 is 5.69 Å². The minimum Gasteiger partial charge on any atom is -0.265 e. The van der Waals surface area contributed by atoms with Crippen LogP contribution >= 0.6 is 0 Å². The Balaban J connectivity index is 1.92. The fraction of sp³-hybridized carbons (Fsp3) is 0. The van der Waals surface area contributed by atoms with Crippen molar-refractivity contribution in [3.63, 3.8) is 0 Å². The first-order valence-corrected chi connectivity index (χ1v) is 5.81. The number of hydrogen-bond acceptors (Lipinski definition) is 5. The molecule has 7 heteroatoms. The molecule has 2 aromatic heterocycles. The number of nitro groups is 1. The molecule has 0 aliphatic carbocycles. The highest BCUT2D eigenvalue weighted by Crippen LogP contribution is 2.21. The van der Waals surface area contributed by atoms with Gasteiger partial charge in [0.25, 0.3) is 5.69 Å². The number of rotatable bonds is 3. The van der Waals surface area contributed by atoms with Gasteiger partial charge in [-0.3, -0.25) is 20.2 Å². The maximum atomic E-state index is 10.6. The van der Waals surface area contributed by atoms with Gasteiger partial charge in [0, 0.05) is 35.7 Å². The number of benzene rings is 1. The summed E-state index contributed by atoms with van der Waals surface area (Å²) < 4.78 is 0. The van der Waals surface area contributed by atoms with Crippen molar-refractivity contribution in [1.29, 1.82) is 0 Å². The summed E-state index contributed by atoms with van der Waals surface area (Å²) in [5.74, 6) is 1.12. The van der Waals surface area contributed by atoms with Gasteiger partial charge in [-0.05, 0) is 24.3 Å². The van der Waals surface area contributed by atoms with E-state index >= 15 is 0 Å². The SMILES string of the molecule is O=[N+]([O-])c1ccc(-c2n[nH]c(-c3ccncc3)n2)cc1. The van der Waals surface area contributed by atoms with E-state index in [9.17, 15) is 10.1 Å². The summed E-state index contributed by atoms with van der Waals surface area (Å²) in [5.41, 5.74) is 1.63. The van der Waals surface area contributed by atoms with Crippen molar-refractivity contribution in [2.75, 3.05) is 0 Å². The van der Waals surface area contributed by atoms with Gasteiger partial charge in [-0.1, -0.05) is 0 Å². The monoisotopic (exact) mass is 267 g/mol. The lowest BCUT2D eigenvalue weighted by molar-refractivity contribution is -0.384. The predicted molar refractivity (Wildman–Crippen MR) is 71.7 cm³/mol. The van der Waals surface area contributed by atoms with Crippen LogP contribution in [0.1, 0.15) is 0 Å². The van der Waals surface area contributed by atoms with Crippen molar-refractivity contribution in [3.8, 4) is 22.8 Å². The molecule has 3 aromatic rings. The molecule has 0 aliphatic rings. The number of nitro benzene ring substituents is 1. The Morgan fingerprint density at radius 2 is 1.70 bits per heavy atom. The molecule has 0 aliphatic heterocycles. The number of pyridine rings is 1. The first kappa shape index (κ1) is 12.0. The minimum atomic E-state index is -0.440. The molecule has 0 spiro atoms. The van der Waals surface area contributed by atoms with Gasteiger partial charge in [0.2, 0.25) is 0 Å². The van der Waals surface area contributed by atoms with Crippen LogP contribution in [0.3, 0.4) is 0 Å². The van der Waals surface area contributed by atoms with Gasteiger partial charge in [-0.15, -0.1) is 0 Å². The molecule has 0 saturated carbocycles. The maximum Gasteiger partial charge on any atom is 0.269 e. The van der Waals surface area contributed by atoms with E-state index < -0.39 is 4.92 Å². The smallest absolute Gasteiger partial charge is 0.265 e. The zero-order valence-corrected chi connectivity index (χ0v) is 10.2. The Morgan fingerprint density at radius 3 is 2.35 bits per heavy atom. The summed E-state index contributed by atoms with van der Waals surface area (Å²) in [7, 11) is 0. The maximum absolute atomic E-state index is 10.6. The quantitative estimate of drug-likeness (QED) is 0.580. The first-order chi connectivity index (χ1) is 9.74. The summed E-state index contributed by atoms with van der Waals surface area (Å²) in [6.07, 6.45) is 3.34. The van der Waals surface area contributed by atoms with Crippen LogP contribution in [0, 0.1) is 10.1 Å². The molecule has 0 saturated heterocycles. The average Bonchev–Trinajstić information content (AvgIpc) is 2.98. The highest BCUT2D eigenvalue weighted by atomic mass is 16.6. The molecular formula is C13H9N5O2. The summed E-state index contributed by atoms with van der Waals surface area (Å²) >= 11 is 0. The van der Waals surface area contributed by atoms with E-state index in [1.54, 1.807) is 24.5 Å².